The van der Waals surface area contributed by atoms with Crippen molar-refractivity contribution < 1.29 is 14.3 Å². The lowest BCUT2D eigenvalue weighted by Crippen LogP contribution is -2.53. The molecule has 0 aliphatic carbocycles. The average molecular weight is 491 g/mol. The predicted molar refractivity (Wildman–Crippen MR) is 133 cm³/mol. The molecule has 0 radical (unpaired) electrons. The topological polar surface area (TPSA) is 58.6 Å². The van der Waals surface area contributed by atoms with Crippen molar-refractivity contribution in [3.8, 4) is 0 Å². The molecule has 1 fully saturated rings. The van der Waals surface area contributed by atoms with Gasteiger partial charge in [0, 0.05) is 22.0 Å². The number of nitrogens with zero attached hydrogens (tertiary/aromatic N) is 1. The van der Waals surface area contributed by atoms with Crippen LogP contribution in [0.5, 0.6) is 0 Å². The molecule has 1 aliphatic rings. The third-order valence-corrected chi connectivity index (χ3v) is 6.35. The van der Waals surface area contributed by atoms with E-state index in [4.69, 9.17) is 27.9 Å². The molecular weight excluding hydrogens is 459 g/mol. The summed E-state index contributed by atoms with van der Waals surface area (Å²) in [7, 11) is 0. The maximum atomic E-state index is 13.5. The van der Waals surface area contributed by atoms with E-state index in [0.717, 1.165) is 24.1 Å². The Balaban J connectivity index is 1.99. The van der Waals surface area contributed by atoms with Crippen LogP contribution in [0.3, 0.4) is 0 Å². The lowest BCUT2D eigenvalue weighted by Gasteiger charge is -2.36. The Kier molecular flexibility index (Phi) is 8.43. The Morgan fingerprint density at radius 3 is 2.15 bits per heavy atom. The summed E-state index contributed by atoms with van der Waals surface area (Å²) in [6.45, 7) is 8.08. The standard InChI is InChI=1S/C26H32Cl2N2O3/c1-17(30(25(32)33-26(2,3)4)24(31)23-6-5-15-29-23)22(19-9-13-21(28)14-10-19)16-18-7-11-20(27)12-8-18/h7-14,17,22-23,29H,5-6,15-16H2,1-4H3/t17?,22?,23-/m0/s1. The van der Waals surface area contributed by atoms with Gasteiger partial charge in [0.25, 0.3) is 0 Å². The summed E-state index contributed by atoms with van der Waals surface area (Å²) in [5.41, 5.74) is 1.33. The minimum Gasteiger partial charge on any atom is -0.443 e. The molecule has 33 heavy (non-hydrogen) atoms. The molecule has 1 heterocycles. The molecule has 2 aromatic carbocycles. The zero-order valence-electron chi connectivity index (χ0n) is 19.6. The van der Waals surface area contributed by atoms with E-state index in [9.17, 15) is 9.59 Å². The number of imide groups is 1. The number of carbonyl (C=O) groups excluding carboxylic acids is 2. The van der Waals surface area contributed by atoms with Crippen LogP contribution in [0.4, 0.5) is 4.79 Å². The number of hydrogen-bond donors (Lipinski definition) is 1. The van der Waals surface area contributed by atoms with Gasteiger partial charge in [-0.25, -0.2) is 9.69 Å². The summed E-state index contributed by atoms with van der Waals surface area (Å²) in [4.78, 5) is 28.1. The Morgan fingerprint density at radius 1 is 1.06 bits per heavy atom. The zero-order valence-corrected chi connectivity index (χ0v) is 21.1. The van der Waals surface area contributed by atoms with E-state index in [1.54, 1.807) is 20.8 Å². The Labute approximate surface area is 206 Å². The molecule has 1 aliphatic heterocycles. The van der Waals surface area contributed by atoms with Gasteiger partial charge in [-0.1, -0.05) is 47.5 Å². The minimum atomic E-state index is -0.718. The van der Waals surface area contributed by atoms with E-state index in [1.165, 1.54) is 4.90 Å². The highest BCUT2D eigenvalue weighted by Gasteiger charge is 2.39. The van der Waals surface area contributed by atoms with Gasteiger partial charge in [-0.15, -0.1) is 0 Å². The Bertz CT molecular complexity index is 949. The number of halogens is 2. The molecule has 0 saturated carbocycles. The van der Waals surface area contributed by atoms with E-state index in [0.29, 0.717) is 22.9 Å². The normalized spacial score (nSPS) is 17.9. The van der Waals surface area contributed by atoms with Crippen LogP contribution in [0.25, 0.3) is 0 Å². The van der Waals surface area contributed by atoms with Crippen LogP contribution >= 0.6 is 23.2 Å². The second kappa shape index (κ2) is 10.9. The van der Waals surface area contributed by atoms with Crippen LogP contribution in [0, 0.1) is 0 Å². The minimum absolute atomic E-state index is 0.165. The fourth-order valence-electron chi connectivity index (χ4n) is 4.16. The first-order valence-corrected chi connectivity index (χ1v) is 12.1. The molecule has 2 unspecified atom stereocenters. The number of carbonyl (C=O) groups is 2. The first kappa shape index (κ1) is 25.5. The van der Waals surface area contributed by atoms with E-state index < -0.39 is 17.7 Å². The first-order valence-electron chi connectivity index (χ1n) is 11.3. The highest BCUT2D eigenvalue weighted by atomic mass is 35.5. The highest BCUT2D eigenvalue weighted by molar-refractivity contribution is 6.30. The van der Waals surface area contributed by atoms with Crippen molar-refractivity contribution in [2.45, 2.75) is 70.6 Å². The van der Waals surface area contributed by atoms with Crippen LogP contribution in [0.2, 0.25) is 10.0 Å². The first-order chi connectivity index (χ1) is 15.5. The fourth-order valence-corrected chi connectivity index (χ4v) is 4.41. The lowest BCUT2D eigenvalue weighted by atomic mass is 9.85. The van der Waals surface area contributed by atoms with Gasteiger partial charge in [-0.05, 0) is 88.9 Å². The molecule has 178 valence electrons. The van der Waals surface area contributed by atoms with Crippen molar-refractivity contribution in [2.75, 3.05) is 6.54 Å². The molecule has 3 atom stereocenters. The maximum absolute atomic E-state index is 13.5. The predicted octanol–water partition coefficient (Wildman–Crippen LogP) is 6.22. The summed E-state index contributed by atoms with van der Waals surface area (Å²) in [6.07, 6.45) is 1.60. The number of amides is 2. The number of nitrogens with one attached hydrogen (secondary N) is 1. The summed E-state index contributed by atoms with van der Waals surface area (Å²) < 4.78 is 5.67. The van der Waals surface area contributed by atoms with Crippen LogP contribution in [0.1, 0.15) is 57.6 Å². The summed E-state index contributed by atoms with van der Waals surface area (Å²) in [5, 5.41) is 4.51. The maximum Gasteiger partial charge on any atom is 0.417 e. The van der Waals surface area contributed by atoms with E-state index in [1.807, 2.05) is 55.5 Å². The number of rotatable bonds is 6. The van der Waals surface area contributed by atoms with Gasteiger partial charge in [0.05, 0.1) is 6.04 Å². The van der Waals surface area contributed by atoms with Gasteiger partial charge in [0.1, 0.15) is 5.60 Å². The third-order valence-electron chi connectivity index (χ3n) is 5.84. The van der Waals surface area contributed by atoms with E-state index in [2.05, 4.69) is 5.32 Å². The average Bonchev–Trinajstić information content (AvgIpc) is 3.28. The molecule has 0 aromatic heterocycles. The molecule has 3 rings (SSSR count). The van der Waals surface area contributed by atoms with Gasteiger partial charge in [0.15, 0.2) is 0 Å². The van der Waals surface area contributed by atoms with E-state index >= 15 is 0 Å². The van der Waals surface area contributed by atoms with Crippen molar-refractivity contribution in [1.29, 1.82) is 0 Å². The molecule has 1 N–H and O–H groups in total. The van der Waals surface area contributed by atoms with Crippen molar-refractivity contribution in [3.63, 3.8) is 0 Å². The van der Waals surface area contributed by atoms with Crippen molar-refractivity contribution in [2.24, 2.45) is 0 Å². The molecule has 0 bridgehead atoms. The van der Waals surface area contributed by atoms with Crippen LogP contribution in [0.15, 0.2) is 48.5 Å². The van der Waals surface area contributed by atoms with Gasteiger partial charge in [-0.3, -0.25) is 4.79 Å². The molecule has 7 heteroatoms. The van der Waals surface area contributed by atoms with Crippen LogP contribution < -0.4 is 5.32 Å². The van der Waals surface area contributed by atoms with E-state index in [-0.39, 0.29) is 17.9 Å². The molecule has 0 spiro atoms. The summed E-state index contributed by atoms with van der Waals surface area (Å²) in [5.74, 6) is -0.411. The third kappa shape index (κ3) is 6.95. The molecule has 5 nitrogen and oxygen atoms in total. The Hall–Kier alpha value is -2.08. The Morgan fingerprint density at radius 2 is 1.64 bits per heavy atom. The highest BCUT2D eigenvalue weighted by Crippen LogP contribution is 2.31. The van der Waals surface area contributed by atoms with Gasteiger partial charge < -0.3 is 10.1 Å². The summed E-state index contributed by atoms with van der Waals surface area (Å²) >= 11 is 12.2. The fraction of sp³-hybridized carbons (Fsp3) is 0.462. The van der Waals surface area contributed by atoms with Crippen molar-refractivity contribution in [3.05, 3.63) is 69.7 Å². The molecule has 1 saturated heterocycles. The van der Waals surface area contributed by atoms with Crippen LogP contribution in [-0.2, 0) is 16.0 Å². The van der Waals surface area contributed by atoms with Crippen LogP contribution in [-0.4, -0.2) is 41.1 Å². The molecule has 2 aromatic rings. The quantitative estimate of drug-likeness (QED) is 0.521. The number of ether oxygens (including phenoxy) is 1. The second-order valence-electron chi connectivity index (χ2n) is 9.57. The van der Waals surface area contributed by atoms with Gasteiger partial charge >= 0.3 is 6.09 Å². The number of hydrogen-bond acceptors (Lipinski definition) is 4. The number of benzene rings is 2. The van der Waals surface area contributed by atoms with Crippen molar-refractivity contribution in [1.82, 2.24) is 10.2 Å². The lowest BCUT2D eigenvalue weighted by molar-refractivity contribution is -0.134. The molecule has 2 amide bonds. The second-order valence-corrected chi connectivity index (χ2v) is 10.4. The van der Waals surface area contributed by atoms with Crippen molar-refractivity contribution >= 4 is 35.2 Å². The largest absolute Gasteiger partial charge is 0.443 e. The molecular formula is C26H32Cl2N2O3. The summed E-state index contributed by atoms with van der Waals surface area (Å²) in [6, 6.07) is 14.3. The SMILES string of the molecule is CC(C(Cc1ccc(Cl)cc1)c1ccc(Cl)cc1)N(C(=O)OC(C)(C)C)C(=O)[C@@H]1CCCN1. The monoisotopic (exact) mass is 490 g/mol. The smallest absolute Gasteiger partial charge is 0.417 e. The van der Waals surface area contributed by atoms with Gasteiger partial charge in [0.2, 0.25) is 5.91 Å². The zero-order chi connectivity index (χ0) is 24.2. The van der Waals surface area contributed by atoms with Gasteiger partial charge in [-0.2, -0.15) is 0 Å².